The van der Waals surface area contributed by atoms with E-state index in [2.05, 4.69) is 13.0 Å². The van der Waals surface area contributed by atoms with E-state index in [0.29, 0.717) is 5.92 Å². The van der Waals surface area contributed by atoms with Gasteiger partial charge in [0.05, 0.1) is 13.7 Å². The molecule has 0 N–H and O–H groups in total. The Labute approximate surface area is 73.9 Å². The number of hydrogen-bond donors (Lipinski definition) is 0. The standard InChI is InChI=1S/C9H17NO2/c1-8(7-11-2)9-4-5-10(6-9)12-3/h4,8H,5-7H2,1-3H3. The molecule has 1 aliphatic rings. The normalized spacial score (nSPS) is 21.1. The van der Waals surface area contributed by atoms with Crippen molar-refractivity contribution in [1.82, 2.24) is 5.06 Å². The van der Waals surface area contributed by atoms with Crippen molar-refractivity contribution in [3.05, 3.63) is 11.6 Å². The van der Waals surface area contributed by atoms with E-state index in [1.54, 1.807) is 14.2 Å². The van der Waals surface area contributed by atoms with Gasteiger partial charge in [0.25, 0.3) is 0 Å². The summed E-state index contributed by atoms with van der Waals surface area (Å²) in [6.45, 7) is 4.79. The van der Waals surface area contributed by atoms with Crippen molar-refractivity contribution >= 4 is 0 Å². The lowest BCUT2D eigenvalue weighted by atomic mass is 10.0. The maximum absolute atomic E-state index is 5.11. The predicted molar refractivity (Wildman–Crippen MR) is 47.7 cm³/mol. The van der Waals surface area contributed by atoms with Gasteiger partial charge in [-0.25, -0.2) is 0 Å². The fourth-order valence-electron chi connectivity index (χ4n) is 1.40. The van der Waals surface area contributed by atoms with Gasteiger partial charge in [-0.3, -0.25) is 0 Å². The third-order valence-corrected chi connectivity index (χ3v) is 2.22. The molecule has 1 rings (SSSR count). The van der Waals surface area contributed by atoms with Gasteiger partial charge in [0.1, 0.15) is 0 Å². The molecule has 0 fully saturated rings. The van der Waals surface area contributed by atoms with Crippen LogP contribution in [0.2, 0.25) is 0 Å². The van der Waals surface area contributed by atoms with Gasteiger partial charge in [-0.15, -0.1) is 0 Å². The SMILES string of the molecule is COCC(C)C1=CCN(OC)C1. The number of nitrogens with zero attached hydrogens (tertiary/aromatic N) is 1. The van der Waals surface area contributed by atoms with Crippen molar-refractivity contribution in [2.24, 2.45) is 5.92 Å². The van der Waals surface area contributed by atoms with E-state index in [9.17, 15) is 0 Å². The molecule has 0 aromatic rings. The molecule has 1 unspecified atom stereocenters. The van der Waals surface area contributed by atoms with Crippen LogP contribution in [-0.2, 0) is 9.57 Å². The molecule has 0 amide bonds. The molecule has 0 radical (unpaired) electrons. The molecule has 1 heterocycles. The summed E-state index contributed by atoms with van der Waals surface area (Å²) >= 11 is 0. The average Bonchev–Trinajstić information content (AvgIpc) is 2.52. The zero-order valence-electron chi connectivity index (χ0n) is 8.04. The van der Waals surface area contributed by atoms with Crippen molar-refractivity contribution in [2.75, 3.05) is 33.9 Å². The average molecular weight is 171 g/mol. The highest BCUT2D eigenvalue weighted by molar-refractivity contribution is 5.13. The first-order chi connectivity index (χ1) is 5.77. The Bertz CT molecular complexity index is 168. The number of hydroxylamine groups is 2. The molecule has 0 spiro atoms. The van der Waals surface area contributed by atoms with E-state index in [-0.39, 0.29) is 0 Å². The molecule has 70 valence electrons. The Kier molecular flexibility index (Phi) is 3.72. The van der Waals surface area contributed by atoms with Crippen LogP contribution in [0.3, 0.4) is 0 Å². The first-order valence-corrected chi connectivity index (χ1v) is 4.24. The third kappa shape index (κ3) is 2.30. The number of rotatable bonds is 4. The van der Waals surface area contributed by atoms with Crippen molar-refractivity contribution in [2.45, 2.75) is 6.92 Å². The minimum absolute atomic E-state index is 0.509. The summed E-state index contributed by atoms with van der Waals surface area (Å²) in [4.78, 5) is 5.11. The summed E-state index contributed by atoms with van der Waals surface area (Å²) in [5, 5.41) is 1.93. The maximum Gasteiger partial charge on any atom is 0.0575 e. The molecule has 0 saturated heterocycles. The van der Waals surface area contributed by atoms with Crippen LogP contribution < -0.4 is 0 Å². The highest BCUT2D eigenvalue weighted by atomic mass is 16.7. The smallest absolute Gasteiger partial charge is 0.0575 e. The second-order valence-corrected chi connectivity index (χ2v) is 3.14. The lowest BCUT2D eigenvalue weighted by molar-refractivity contribution is -0.109. The Morgan fingerprint density at radius 1 is 1.58 bits per heavy atom. The van der Waals surface area contributed by atoms with Crippen LogP contribution in [-0.4, -0.2) is 39.0 Å². The van der Waals surface area contributed by atoms with Crippen molar-refractivity contribution in [1.29, 1.82) is 0 Å². The first-order valence-electron chi connectivity index (χ1n) is 4.24. The summed E-state index contributed by atoms with van der Waals surface area (Å²) in [5.41, 5.74) is 1.42. The number of hydrogen-bond acceptors (Lipinski definition) is 3. The number of methoxy groups -OCH3 is 1. The molecule has 3 nitrogen and oxygen atoms in total. The van der Waals surface area contributed by atoms with E-state index in [1.165, 1.54) is 5.57 Å². The lowest BCUT2D eigenvalue weighted by Crippen LogP contribution is -2.21. The summed E-state index contributed by atoms with van der Waals surface area (Å²) in [5.74, 6) is 0.509. The molecule has 0 aliphatic carbocycles. The molecule has 1 atom stereocenters. The molecule has 0 aromatic carbocycles. The molecule has 0 aromatic heterocycles. The zero-order chi connectivity index (χ0) is 8.97. The fourth-order valence-corrected chi connectivity index (χ4v) is 1.40. The van der Waals surface area contributed by atoms with E-state index >= 15 is 0 Å². The van der Waals surface area contributed by atoms with E-state index in [1.807, 2.05) is 5.06 Å². The van der Waals surface area contributed by atoms with E-state index in [4.69, 9.17) is 9.57 Å². The van der Waals surface area contributed by atoms with Crippen molar-refractivity contribution < 1.29 is 9.57 Å². The van der Waals surface area contributed by atoms with Crippen LogP contribution in [0.15, 0.2) is 11.6 Å². The first kappa shape index (κ1) is 9.71. The van der Waals surface area contributed by atoms with Crippen LogP contribution in [0.1, 0.15) is 6.92 Å². The topological polar surface area (TPSA) is 21.7 Å². The van der Waals surface area contributed by atoms with Gasteiger partial charge in [-0.1, -0.05) is 18.6 Å². The fraction of sp³-hybridized carbons (Fsp3) is 0.778. The van der Waals surface area contributed by atoms with Crippen LogP contribution in [0.25, 0.3) is 0 Å². The highest BCUT2D eigenvalue weighted by Crippen LogP contribution is 2.17. The second-order valence-electron chi connectivity index (χ2n) is 3.14. The lowest BCUT2D eigenvalue weighted by Gasteiger charge is -2.15. The molecule has 1 aliphatic heterocycles. The van der Waals surface area contributed by atoms with Gasteiger partial charge >= 0.3 is 0 Å². The summed E-state index contributed by atoms with van der Waals surface area (Å²) < 4.78 is 5.08. The van der Waals surface area contributed by atoms with Gasteiger partial charge in [0.2, 0.25) is 0 Å². The number of ether oxygens (including phenoxy) is 1. The van der Waals surface area contributed by atoms with Crippen LogP contribution in [0, 0.1) is 5.92 Å². The summed E-state index contributed by atoms with van der Waals surface area (Å²) in [7, 11) is 3.44. The van der Waals surface area contributed by atoms with Crippen LogP contribution in [0.5, 0.6) is 0 Å². The summed E-state index contributed by atoms with van der Waals surface area (Å²) in [6, 6.07) is 0. The van der Waals surface area contributed by atoms with Gasteiger partial charge in [-0.05, 0) is 0 Å². The van der Waals surface area contributed by atoms with Crippen molar-refractivity contribution in [3.8, 4) is 0 Å². The Morgan fingerprint density at radius 3 is 2.83 bits per heavy atom. The molecule has 0 bridgehead atoms. The van der Waals surface area contributed by atoms with Gasteiger partial charge in [-0.2, -0.15) is 5.06 Å². The predicted octanol–water partition coefficient (Wildman–Crippen LogP) is 1.07. The zero-order valence-corrected chi connectivity index (χ0v) is 8.04. The highest BCUT2D eigenvalue weighted by Gasteiger charge is 2.17. The maximum atomic E-state index is 5.11. The quantitative estimate of drug-likeness (QED) is 0.591. The van der Waals surface area contributed by atoms with Crippen LogP contribution in [0.4, 0.5) is 0 Å². The monoisotopic (exact) mass is 171 g/mol. The molecular weight excluding hydrogens is 154 g/mol. The molecule has 3 heteroatoms. The minimum atomic E-state index is 0.509. The van der Waals surface area contributed by atoms with E-state index in [0.717, 1.165) is 19.7 Å². The van der Waals surface area contributed by atoms with Gasteiger partial charge in [0, 0.05) is 26.1 Å². The van der Waals surface area contributed by atoms with Gasteiger partial charge in [0.15, 0.2) is 0 Å². The Balaban J connectivity index is 2.34. The summed E-state index contributed by atoms with van der Waals surface area (Å²) in [6.07, 6.45) is 2.22. The molecule has 0 saturated carbocycles. The van der Waals surface area contributed by atoms with Crippen LogP contribution >= 0.6 is 0 Å². The van der Waals surface area contributed by atoms with Crippen molar-refractivity contribution in [3.63, 3.8) is 0 Å². The molecular formula is C9H17NO2. The third-order valence-electron chi connectivity index (χ3n) is 2.22. The Hall–Kier alpha value is -0.380. The van der Waals surface area contributed by atoms with Gasteiger partial charge < -0.3 is 9.57 Å². The largest absolute Gasteiger partial charge is 0.384 e. The Morgan fingerprint density at radius 2 is 2.33 bits per heavy atom. The minimum Gasteiger partial charge on any atom is -0.384 e. The van der Waals surface area contributed by atoms with E-state index < -0.39 is 0 Å². The molecule has 12 heavy (non-hydrogen) atoms. The second kappa shape index (κ2) is 4.60.